The highest BCUT2D eigenvalue weighted by Crippen LogP contribution is 2.03. The number of nitrogens with zero attached hydrogens (tertiary/aromatic N) is 1. The van der Waals surface area contributed by atoms with E-state index in [1.807, 2.05) is 37.3 Å². The summed E-state index contributed by atoms with van der Waals surface area (Å²) in [5.41, 5.74) is 3.85. The zero-order valence-electron chi connectivity index (χ0n) is 15.7. The van der Waals surface area contributed by atoms with Crippen molar-refractivity contribution in [3.05, 3.63) is 65.0 Å². The highest BCUT2D eigenvalue weighted by molar-refractivity contribution is 5.92. The lowest BCUT2D eigenvalue weighted by molar-refractivity contribution is 0.0944. The number of hydrogen-bond acceptors (Lipinski definition) is 2. The van der Waals surface area contributed by atoms with Crippen LogP contribution in [-0.2, 0) is 6.42 Å². The number of carbonyl (C=O) groups excluding carboxylic acids is 1. The molecule has 2 aromatic rings. The molecule has 1 heterocycles. The SMILES string of the molecule is C#Cc1cccc(C)c1.CCCc1ccc(C(=O)NCC(C)C)nc1. The van der Waals surface area contributed by atoms with Gasteiger partial charge in [0.2, 0.25) is 0 Å². The largest absolute Gasteiger partial charge is 0.350 e. The fraction of sp³-hybridized carbons (Fsp3) is 0.364. The van der Waals surface area contributed by atoms with Gasteiger partial charge in [0.25, 0.3) is 5.91 Å². The Labute approximate surface area is 151 Å². The molecule has 1 aromatic carbocycles. The van der Waals surface area contributed by atoms with E-state index in [1.165, 1.54) is 11.1 Å². The van der Waals surface area contributed by atoms with Gasteiger partial charge in [0.1, 0.15) is 5.69 Å². The molecule has 1 N–H and O–H groups in total. The summed E-state index contributed by atoms with van der Waals surface area (Å²) in [6.45, 7) is 8.98. The number of carbonyl (C=O) groups is 1. The smallest absolute Gasteiger partial charge is 0.269 e. The van der Waals surface area contributed by atoms with Gasteiger partial charge in [-0.15, -0.1) is 6.42 Å². The molecule has 3 heteroatoms. The number of hydrogen-bond donors (Lipinski definition) is 1. The highest BCUT2D eigenvalue weighted by Gasteiger charge is 2.06. The molecule has 0 bridgehead atoms. The summed E-state index contributed by atoms with van der Waals surface area (Å²) in [5.74, 6) is 2.94. The number of benzene rings is 1. The Morgan fingerprint density at radius 3 is 2.52 bits per heavy atom. The van der Waals surface area contributed by atoms with Gasteiger partial charge in [-0.25, -0.2) is 0 Å². The second-order valence-electron chi connectivity index (χ2n) is 6.42. The molecule has 0 fully saturated rings. The summed E-state index contributed by atoms with van der Waals surface area (Å²) in [4.78, 5) is 15.8. The summed E-state index contributed by atoms with van der Waals surface area (Å²) in [6.07, 6.45) is 9.07. The molecule has 25 heavy (non-hydrogen) atoms. The predicted molar refractivity (Wildman–Crippen MR) is 105 cm³/mol. The van der Waals surface area contributed by atoms with Crippen LogP contribution >= 0.6 is 0 Å². The van der Waals surface area contributed by atoms with Crippen molar-refractivity contribution in [2.45, 2.75) is 40.5 Å². The molecule has 0 saturated heterocycles. The minimum Gasteiger partial charge on any atom is -0.350 e. The fourth-order valence-corrected chi connectivity index (χ4v) is 2.12. The third-order valence-corrected chi connectivity index (χ3v) is 3.45. The summed E-state index contributed by atoms with van der Waals surface area (Å²) in [5, 5.41) is 2.85. The fourth-order valence-electron chi connectivity index (χ4n) is 2.12. The van der Waals surface area contributed by atoms with Gasteiger partial charge >= 0.3 is 0 Å². The van der Waals surface area contributed by atoms with Gasteiger partial charge in [0.15, 0.2) is 0 Å². The van der Waals surface area contributed by atoms with Crippen LogP contribution in [0.2, 0.25) is 0 Å². The quantitative estimate of drug-likeness (QED) is 0.823. The number of nitrogens with one attached hydrogen (secondary N) is 1. The third kappa shape index (κ3) is 8.17. The lowest BCUT2D eigenvalue weighted by atomic mass is 10.1. The van der Waals surface area contributed by atoms with Crippen LogP contribution in [0.3, 0.4) is 0 Å². The molecule has 132 valence electrons. The van der Waals surface area contributed by atoms with Crippen molar-refractivity contribution < 1.29 is 4.79 Å². The molecular weight excluding hydrogens is 308 g/mol. The van der Waals surface area contributed by atoms with E-state index in [0.717, 1.165) is 18.4 Å². The van der Waals surface area contributed by atoms with Crippen molar-refractivity contribution in [1.29, 1.82) is 0 Å². The normalized spacial score (nSPS) is 9.76. The summed E-state index contributed by atoms with van der Waals surface area (Å²) < 4.78 is 0. The van der Waals surface area contributed by atoms with E-state index >= 15 is 0 Å². The Kier molecular flexibility index (Phi) is 9.03. The molecule has 0 aliphatic carbocycles. The standard InChI is InChI=1S/C13H20N2O.C9H8/c1-4-5-11-6-7-12(14-9-11)13(16)15-8-10(2)3;1-3-9-6-4-5-8(2)7-9/h6-7,9-10H,4-5,8H2,1-3H3,(H,15,16);1,4-7H,2H3. The molecule has 0 saturated carbocycles. The number of amides is 1. The van der Waals surface area contributed by atoms with E-state index < -0.39 is 0 Å². The van der Waals surface area contributed by atoms with Gasteiger partial charge in [-0.05, 0) is 48.6 Å². The average Bonchev–Trinajstić information content (AvgIpc) is 2.61. The molecule has 1 amide bonds. The van der Waals surface area contributed by atoms with E-state index in [-0.39, 0.29) is 5.91 Å². The zero-order valence-corrected chi connectivity index (χ0v) is 15.7. The van der Waals surface area contributed by atoms with Gasteiger partial charge in [0.05, 0.1) is 0 Å². The maximum absolute atomic E-state index is 11.6. The van der Waals surface area contributed by atoms with Gasteiger partial charge in [-0.1, -0.05) is 51.3 Å². The topological polar surface area (TPSA) is 42.0 Å². The van der Waals surface area contributed by atoms with Gasteiger partial charge in [-0.2, -0.15) is 0 Å². The van der Waals surface area contributed by atoms with E-state index in [4.69, 9.17) is 6.42 Å². The molecule has 0 aliphatic heterocycles. The van der Waals surface area contributed by atoms with Crippen molar-refractivity contribution in [3.8, 4) is 12.3 Å². The second kappa shape index (κ2) is 11.0. The Bertz CT molecular complexity index is 697. The molecule has 0 unspecified atom stereocenters. The number of aryl methyl sites for hydroxylation is 2. The van der Waals surface area contributed by atoms with Crippen molar-refractivity contribution in [2.75, 3.05) is 6.54 Å². The Morgan fingerprint density at radius 2 is 2.04 bits per heavy atom. The van der Waals surface area contributed by atoms with Crippen LogP contribution in [0.15, 0.2) is 42.6 Å². The lowest BCUT2D eigenvalue weighted by Crippen LogP contribution is -2.28. The van der Waals surface area contributed by atoms with Crippen molar-refractivity contribution in [3.63, 3.8) is 0 Å². The van der Waals surface area contributed by atoms with Crippen LogP contribution in [-0.4, -0.2) is 17.4 Å². The molecule has 0 atom stereocenters. The first-order valence-electron chi connectivity index (χ1n) is 8.72. The van der Waals surface area contributed by atoms with E-state index in [1.54, 1.807) is 12.3 Å². The first-order chi connectivity index (χ1) is 12.0. The van der Waals surface area contributed by atoms with Crippen LogP contribution in [0.4, 0.5) is 0 Å². The first kappa shape index (κ1) is 20.4. The van der Waals surface area contributed by atoms with Crippen LogP contribution in [0.1, 0.15) is 54.4 Å². The Hall–Kier alpha value is -2.60. The summed E-state index contributed by atoms with van der Waals surface area (Å²) >= 11 is 0. The molecule has 0 aliphatic rings. The van der Waals surface area contributed by atoms with Crippen molar-refractivity contribution in [2.24, 2.45) is 5.92 Å². The van der Waals surface area contributed by atoms with E-state index in [2.05, 4.69) is 37.0 Å². The molecule has 0 radical (unpaired) electrons. The van der Waals surface area contributed by atoms with Crippen LogP contribution < -0.4 is 5.32 Å². The van der Waals surface area contributed by atoms with Gasteiger partial charge in [-0.3, -0.25) is 9.78 Å². The second-order valence-corrected chi connectivity index (χ2v) is 6.42. The molecule has 2 rings (SSSR count). The maximum atomic E-state index is 11.6. The monoisotopic (exact) mass is 336 g/mol. The number of aromatic nitrogens is 1. The van der Waals surface area contributed by atoms with Gasteiger partial charge < -0.3 is 5.32 Å². The molecule has 0 spiro atoms. The van der Waals surface area contributed by atoms with Crippen LogP contribution in [0, 0.1) is 25.2 Å². The Morgan fingerprint density at radius 1 is 1.28 bits per heavy atom. The number of terminal acetylenes is 1. The maximum Gasteiger partial charge on any atom is 0.269 e. The summed E-state index contributed by atoms with van der Waals surface area (Å²) in [6, 6.07) is 11.7. The average molecular weight is 336 g/mol. The molecule has 1 aromatic heterocycles. The highest BCUT2D eigenvalue weighted by atomic mass is 16.1. The first-order valence-corrected chi connectivity index (χ1v) is 8.72. The number of rotatable bonds is 5. The van der Waals surface area contributed by atoms with E-state index in [0.29, 0.717) is 18.2 Å². The van der Waals surface area contributed by atoms with Crippen LogP contribution in [0.25, 0.3) is 0 Å². The van der Waals surface area contributed by atoms with Crippen LogP contribution in [0.5, 0.6) is 0 Å². The summed E-state index contributed by atoms with van der Waals surface area (Å²) in [7, 11) is 0. The minimum atomic E-state index is -0.0863. The van der Waals surface area contributed by atoms with Gasteiger partial charge in [0, 0.05) is 18.3 Å². The molecule has 3 nitrogen and oxygen atoms in total. The predicted octanol–water partition coefficient (Wildman–Crippen LogP) is 4.40. The minimum absolute atomic E-state index is 0.0863. The molecular formula is C22H28N2O. The lowest BCUT2D eigenvalue weighted by Gasteiger charge is -2.07. The zero-order chi connectivity index (χ0) is 18.7. The van der Waals surface area contributed by atoms with Crippen molar-refractivity contribution >= 4 is 5.91 Å². The van der Waals surface area contributed by atoms with Crippen molar-refractivity contribution in [1.82, 2.24) is 10.3 Å². The number of pyridine rings is 1. The van der Waals surface area contributed by atoms with E-state index in [9.17, 15) is 4.79 Å². The third-order valence-electron chi connectivity index (χ3n) is 3.45. The Balaban J connectivity index is 0.000000293.